The lowest BCUT2D eigenvalue weighted by atomic mass is 10.3. The minimum Gasteiger partial charge on any atom is -0.466 e. The van der Waals surface area contributed by atoms with E-state index in [0.717, 1.165) is 9.79 Å². The van der Waals surface area contributed by atoms with E-state index in [1.165, 1.54) is 19.4 Å². The molecule has 0 N–H and O–H groups in total. The lowest BCUT2D eigenvalue weighted by Gasteiger charge is -2.07. The summed E-state index contributed by atoms with van der Waals surface area (Å²) in [6.45, 7) is 0. The van der Waals surface area contributed by atoms with Gasteiger partial charge in [0, 0.05) is 4.90 Å². The van der Waals surface area contributed by atoms with Gasteiger partial charge in [0.2, 0.25) is 0 Å². The van der Waals surface area contributed by atoms with Crippen LogP contribution in [0.5, 0.6) is 5.75 Å². The van der Waals surface area contributed by atoms with Gasteiger partial charge in [0.25, 0.3) is 0 Å². The molecule has 0 fully saturated rings. The predicted molar refractivity (Wildman–Crippen MR) is 78.8 cm³/mol. The number of hydrogen-bond acceptors (Lipinski definition) is 4. The van der Waals surface area contributed by atoms with Gasteiger partial charge in [-0.25, -0.2) is 4.79 Å². The van der Waals surface area contributed by atoms with Crippen molar-refractivity contribution in [1.82, 2.24) is 0 Å². The highest BCUT2D eigenvalue weighted by atomic mass is 32.2. The van der Waals surface area contributed by atoms with Crippen LogP contribution in [0, 0.1) is 0 Å². The normalized spacial score (nSPS) is 10.4. The maximum atomic E-state index is 11.0. The first-order valence-corrected chi connectivity index (χ1v) is 6.84. The van der Waals surface area contributed by atoms with Gasteiger partial charge in [-0.05, 0) is 24.3 Å². The van der Waals surface area contributed by atoms with Gasteiger partial charge < -0.3 is 9.47 Å². The molecule has 0 amide bonds. The summed E-state index contributed by atoms with van der Waals surface area (Å²) in [5, 5.41) is 0. The van der Waals surface area contributed by atoms with Crippen molar-refractivity contribution in [2.45, 2.75) is 9.79 Å². The van der Waals surface area contributed by atoms with Crippen molar-refractivity contribution in [3.8, 4) is 5.75 Å². The first kappa shape index (κ1) is 14.2. The minimum atomic E-state index is -0.446. The number of rotatable bonds is 5. The van der Waals surface area contributed by atoms with Crippen LogP contribution in [0.3, 0.4) is 0 Å². The molecule has 0 saturated heterocycles. The summed E-state index contributed by atoms with van der Waals surface area (Å²) < 4.78 is 9.98. The van der Waals surface area contributed by atoms with Crippen LogP contribution in [0.25, 0.3) is 0 Å². The number of carbonyl (C=O) groups excluding carboxylic acids is 1. The third-order valence-corrected chi connectivity index (χ3v) is 3.49. The van der Waals surface area contributed by atoms with Crippen LogP contribution in [0.15, 0.2) is 76.7 Å². The Bertz CT molecular complexity index is 594. The van der Waals surface area contributed by atoms with Crippen molar-refractivity contribution >= 4 is 17.7 Å². The first-order valence-electron chi connectivity index (χ1n) is 6.02. The Kier molecular flexibility index (Phi) is 5.26. The average molecular weight is 286 g/mol. The van der Waals surface area contributed by atoms with E-state index in [2.05, 4.69) is 4.74 Å². The Labute approximate surface area is 122 Å². The molecular formula is C16H14O3S. The highest BCUT2D eigenvalue weighted by Crippen LogP contribution is 2.34. The maximum absolute atomic E-state index is 11.0. The largest absolute Gasteiger partial charge is 0.466 e. The molecule has 0 aliphatic heterocycles. The smallest absolute Gasteiger partial charge is 0.333 e. The molecule has 3 nitrogen and oxygen atoms in total. The molecule has 0 unspecified atom stereocenters. The van der Waals surface area contributed by atoms with Gasteiger partial charge in [-0.15, -0.1) is 0 Å². The van der Waals surface area contributed by atoms with Crippen molar-refractivity contribution < 1.29 is 14.3 Å². The van der Waals surface area contributed by atoms with Crippen LogP contribution >= 0.6 is 11.8 Å². The molecule has 20 heavy (non-hydrogen) atoms. The van der Waals surface area contributed by atoms with Gasteiger partial charge >= 0.3 is 5.97 Å². The van der Waals surface area contributed by atoms with Gasteiger partial charge in [-0.3, -0.25) is 0 Å². The molecule has 0 bridgehead atoms. The molecule has 0 spiro atoms. The average Bonchev–Trinajstić information content (AvgIpc) is 2.50. The number of benzene rings is 2. The number of methoxy groups -OCH3 is 1. The highest BCUT2D eigenvalue weighted by molar-refractivity contribution is 7.99. The molecule has 0 heterocycles. The number of para-hydroxylation sites is 1. The minimum absolute atomic E-state index is 0.446. The second-order valence-corrected chi connectivity index (χ2v) is 4.92. The lowest BCUT2D eigenvalue weighted by molar-refractivity contribution is -0.134. The quantitative estimate of drug-likeness (QED) is 0.474. The molecule has 0 radical (unpaired) electrons. The summed E-state index contributed by atoms with van der Waals surface area (Å²) in [7, 11) is 1.33. The van der Waals surface area contributed by atoms with E-state index in [9.17, 15) is 4.79 Å². The van der Waals surface area contributed by atoms with E-state index in [0.29, 0.717) is 5.75 Å². The highest BCUT2D eigenvalue weighted by Gasteiger charge is 2.04. The Morgan fingerprint density at radius 3 is 2.50 bits per heavy atom. The number of ether oxygens (including phenoxy) is 2. The van der Waals surface area contributed by atoms with E-state index >= 15 is 0 Å². The third kappa shape index (κ3) is 4.17. The predicted octanol–water partition coefficient (Wildman–Crippen LogP) is 3.90. The molecule has 2 aromatic rings. The Morgan fingerprint density at radius 1 is 1.05 bits per heavy atom. The monoisotopic (exact) mass is 286 g/mol. The SMILES string of the molecule is COC(=O)/C=C\Oc1ccccc1Sc1ccccc1. The van der Waals surface area contributed by atoms with Gasteiger partial charge in [0.1, 0.15) is 5.75 Å². The van der Waals surface area contributed by atoms with Crippen LogP contribution in [0.4, 0.5) is 0 Å². The standard InChI is InChI=1S/C16H14O3S/c1-18-16(17)11-12-19-14-9-5-6-10-15(14)20-13-7-3-2-4-8-13/h2-12H,1H3/b12-11-. The lowest BCUT2D eigenvalue weighted by Crippen LogP contribution is -1.95. The fourth-order valence-electron chi connectivity index (χ4n) is 1.48. The molecular weight excluding hydrogens is 272 g/mol. The summed E-state index contributed by atoms with van der Waals surface area (Å²) in [6.07, 6.45) is 2.57. The van der Waals surface area contributed by atoms with Crippen molar-refractivity contribution in [1.29, 1.82) is 0 Å². The molecule has 0 saturated carbocycles. The van der Waals surface area contributed by atoms with Crippen molar-refractivity contribution in [2.75, 3.05) is 7.11 Å². The fourth-order valence-corrected chi connectivity index (χ4v) is 2.39. The summed E-state index contributed by atoms with van der Waals surface area (Å²) in [4.78, 5) is 13.1. The molecule has 2 aromatic carbocycles. The second kappa shape index (κ2) is 7.40. The van der Waals surface area contributed by atoms with E-state index in [1.807, 2.05) is 54.6 Å². The van der Waals surface area contributed by atoms with Crippen LogP contribution in [-0.4, -0.2) is 13.1 Å². The number of carbonyl (C=O) groups is 1. The second-order valence-electron chi connectivity index (χ2n) is 3.81. The molecule has 0 atom stereocenters. The Hall–Kier alpha value is -2.20. The molecule has 102 valence electrons. The molecule has 2 rings (SSSR count). The number of esters is 1. The first-order chi connectivity index (χ1) is 9.79. The zero-order valence-electron chi connectivity index (χ0n) is 11.0. The third-order valence-electron chi connectivity index (χ3n) is 2.42. The van der Waals surface area contributed by atoms with Crippen LogP contribution in [-0.2, 0) is 9.53 Å². The fraction of sp³-hybridized carbons (Fsp3) is 0.0625. The summed E-state index contributed by atoms with van der Waals surface area (Å²) >= 11 is 1.60. The Balaban J connectivity index is 2.10. The van der Waals surface area contributed by atoms with Gasteiger partial charge in [0.15, 0.2) is 0 Å². The molecule has 4 heteroatoms. The van der Waals surface area contributed by atoms with Crippen LogP contribution in [0.2, 0.25) is 0 Å². The van der Waals surface area contributed by atoms with Gasteiger partial charge in [-0.1, -0.05) is 42.1 Å². The molecule has 0 aromatic heterocycles. The summed E-state index contributed by atoms with van der Waals surface area (Å²) in [5.74, 6) is 0.250. The van der Waals surface area contributed by atoms with Crippen LogP contribution < -0.4 is 4.74 Å². The molecule has 0 aliphatic carbocycles. The van der Waals surface area contributed by atoms with Crippen molar-refractivity contribution in [3.05, 3.63) is 66.9 Å². The van der Waals surface area contributed by atoms with Gasteiger partial charge in [0.05, 0.1) is 24.3 Å². The zero-order chi connectivity index (χ0) is 14.2. The summed E-state index contributed by atoms with van der Waals surface area (Å²) in [5.41, 5.74) is 0. The molecule has 0 aliphatic rings. The van der Waals surface area contributed by atoms with E-state index in [1.54, 1.807) is 11.8 Å². The van der Waals surface area contributed by atoms with Crippen LogP contribution in [0.1, 0.15) is 0 Å². The van der Waals surface area contributed by atoms with Gasteiger partial charge in [-0.2, -0.15) is 0 Å². The maximum Gasteiger partial charge on any atom is 0.333 e. The zero-order valence-corrected chi connectivity index (χ0v) is 11.8. The van der Waals surface area contributed by atoms with E-state index in [-0.39, 0.29) is 0 Å². The van der Waals surface area contributed by atoms with E-state index in [4.69, 9.17) is 4.74 Å². The van der Waals surface area contributed by atoms with Crippen molar-refractivity contribution in [3.63, 3.8) is 0 Å². The summed E-state index contributed by atoms with van der Waals surface area (Å²) in [6, 6.07) is 17.7. The topological polar surface area (TPSA) is 35.5 Å². The Morgan fingerprint density at radius 2 is 1.75 bits per heavy atom. The van der Waals surface area contributed by atoms with Crippen molar-refractivity contribution in [2.24, 2.45) is 0 Å². The van der Waals surface area contributed by atoms with E-state index < -0.39 is 5.97 Å². The number of hydrogen-bond donors (Lipinski definition) is 0.